The maximum absolute atomic E-state index is 9.24. The molecule has 0 rings (SSSR count). The largest absolute Gasteiger partial charge is 0.480 e. The van der Waals surface area contributed by atoms with E-state index in [1.807, 2.05) is 0 Å². The van der Waals surface area contributed by atoms with E-state index in [2.05, 4.69) is 0 Å². The van der Waals surface area contributed by atoms with Crippen molar-refractivity contribution in [2.75, 3.05) is 5.88 Å². The third-order valence-corrected chi connectivity index (χ3v) is 0.343. The van der Waals surface area contributed by atoms with Crippen molar-refractivity contribution in [3.8, 4) is 0 Å². The summed E-state index contributed by atoms with van der Waals surface area (Å²) >= 11 is 4.74. The average Bonchev–Trinajstić information content (AvgIpc) is 1.38. The minimum absolute atomic E-state index is 0. The Labute approximate surface area is 70.5 Å². The van der Waals surface area contributed by atoms with Gasteiger partial charge in [-0.15, -0.1) is 11.6 Å². The summed E-state index contributed by atoms with van der Waals surface area (Å²) in [5.41, 5.74) is 0. The molecule has 0 spiro atoms. The van der Waals surface area contributed by atoms with E-state index in [9.17, 15) is 4.79 Å². The van der Waals surface area contributed by atoms with Crippen LogP contribution in [0.15, 0.2) is 0 Å². The molecule has 2 radical (unpaired) electrons. The quantitative estimate of drug-likeness (QED) is 0.403. The average molecular weight is 135 g/mol. The van der Waals surface area contributed by atoms with E-state index >= 15 is 0 Å². The maximum Gasteiger partial charge on any atom is 0.318 e. The molecule has 0 aromatic carbocycles. The Bertz CT molecular complexity index is 46.8. The number of carboxylic acid groups (broad SMARTS) is 1. The van der Waals surface area contributed by atoms with Crippen molar-refractivity contribution in [3.63, 3.8) is 0 Å². The summed E-state index contributed by atoms with van der Waals surface area (Å²) in [5, 5.41) is 7.59. The van der Waals surface area contributed by atoms with E-state index in [-0.39, 0.29) is 43.6 Å². The number of hydrogen-bond acceptors (Lipinski definition) is 1. The van der Waals surface area contributed by atoms with Crippen LogP contribution in [0.3, 0.4) is 0 Å². The van der Waals surface area contributed by atoms with Crippen molar-refractivity contribution >= 4 is 55.3 Å². The molecule has 32 valence electrons. The zero-order chi connectivity index (χ0) is 4.28. The minimum Gasteiger partial charge on any atom is -0.480 e. The first-order chi connectivity index (χ1) is 2.27. The van der Waals surface area contributed by atoms with E-state index in [4.69, 9.17) is 16.7 Å². The van der Waals surface area contributed by atoms with Gasteiger partial charge in [0.05, 0.1) is 0 Å². The fourth-order valence-corrected chi connectivity index (χ4v) is 0. The third kappa shape index (κ3) is 8.89. The number of carboxylic acids is 1. The Balaban J connectivity index is 0. The molecule has 0 aliphatic heterocycles. The summed E-state index contributed by atoms with van der Waals surface area (Å²) in [6.07, 6.45) is 0. The van der Waals surface area contributed by atoms with Crippen molar-refractivity contribution in [1.29, 1.82) is 0 Å². The Morgan fingerprint density at radius 3 is 2.00 bits per heavy atom. The van der Waals surface area contributed by atoms with Crippen molar-refractivity contribution in [2.45, 2.75) is 0 Å². The topological polar surface area (TPSA) is 37.3 Å². The number of rotatable bonds is 1. The molecule has 0 bridgehead atoms. The zero-order valence-corrected chi connectivity index (χ0v) is 6.11. The van der Waals surface area contributed by atoms with Gasteiger partial charge < -0.3 is 5.11 Å². The van der Waals surface area contributed by atoms with Crippen LogP contribution in [0.4, 0.5) is 0 Å². The van der Waals surface area contributed by atoms with Gasteiger partial charge in [0.2, 0.25) is 0 Å². The first-order valence-electron chi connectivity index (χ1n) is 1.05. The minimum atomic E-state index is -0.980. The molecule has 1 N–H and O–H groups in total. The molecule has 0 aromatic heterocycles. The fraction of sp³-hybridized carbons (Fsp3) is 0.500. The Morgan fingerprint density at radius 1 is 1.83 bits per heavy atom. The molecule has 0 aromatic rings. The van der Waals surface area contributed by atoms with Gasteiger partial charge in [-0.3, -0.25) is 4.79 Å². The van der Waals surface area contributed by atoms with Gasteiger partial charge in [0.1, 0.15) is 5.88 Å². The van der Waals surface area contributed by atoms with Gasteiger partial charge >= 0.3 is 5.97 Å². The second kappa shape index (κ2) is 6.02. The predicted octanol–water partition coefficient (Wildman–Crippen LogP) is -0.0710. The molecule has 0 heterocycles. The first kappa shape index (κ1) is 10.1. The van der Waals surface area contributed by atoms with Gasteiger partial charge in [0.25, 0.3) is 0 Å². The molecule has 0 aliphatic rings. The summed E-state index contributed by atoms with van der Waals surface area (Å²) < 4.78 is 0. The van der Waals surface area contributed by atoms with E-state index < -0.39 is 5.97 Å². The standard InChI is InChI=1S/C2H3ClO2.Ca/c3-1-2(4)5;/h1H2,(H,4,5);. The SMILES string of the molecule is O=C(O)CCl.[Ca]. The van der Waals surface area contributed by atoms with E-state index in [1.165, 1.54) is 0 Å². The predicted molar refractivity (Wildman–Crippen MR) is 24.1 cm³/mol. The zero-order valence-electron chi connectivity index (χ0n) is 3.15. The van der Waals surface area contributed by atoms with Crippen LogP contribution in [0.2, 0.25) is 0 Å². The van der Waals surface area contributed by atoms with Crippen molar-refractivity contribution in [2.24, 2.45) is 0 Å². The Hall–Kier alpha value is 1.02. The van der Waals surface area contributed by atoms with Crippen LogP contribution < -0.4 is 0 Å². The molecule has 0 saturated heterocycles. The smallest absolute Gasteiger partial charge is 0.318 e. The van der Waals surface area contributed by atoms with E-state index in [0.717, 1.165) is 0 Å². The number of halogens is 1. The number of hydrogen-bond donors (Lipinski definition) is 1. The summed E-state index contributed by atoms with van der Waals surface area (Å²) in [6.45, 7) is 0. The van der Waals surface area contributed by atoms with Crippen LogP contribution in [0.5, 0.6) is 0 Å². The van der Waals surface area contributed by atoms with Crippen molar-refractivity contribution in [3.05, 3.63) is 0 Å². The van der Waals surface area contributed by atoms with Crippen LogP contribution in [0, 0.1) is 0 Å². The second-order valence-corrected chi connectivity index (χ2v) is 0.795. The number of carbonyl (C=O) groups is 1. The molecular formula is C2H3CaClO2. The molecule has 4 heteroatoms. The molecule has 0 aliphatic carbocycles. The van der Waals surface area contributed by atoms with Crippen LogP contribution in [-0.2, 0) is 4.79 Å². The van der Waals surface area contributed by atoms with Gasteiger partial charge in [-0.1, -0.05) is 0 Å². The summed E-state index contributed by atoms with van der Waals surface area (Å²) in [7, 11) is 0. The molecular weight excluding hydrogens is 132 g/mol. The summed E-state index contributed by atoms with van der Waals surface area (Å²) in [6, 6.07) is 0. The van der Waals surface area contributed by atoms with Crippen LogP contribution in [0.1, 0.15) is 0 Å². The molecule has 0 amide bonds. The van der Waals surface area contributed by atoms with Gasteiger partial charge in [-0.2, -0.15) is 0 Å². The Kier molecular flexibility index (Phi) is 10.1. The Morgan fingerprint density at radius 2 is 2.00 bits per heavy atom. The molecule has 0 saturated carbocycles. The van der Waals surface area contributed by atoms with Gasteiger partial charge in [0, 0.05) is 37.7 Å². The van der Waals surface area contributed by atoms with Crippen molar-refractivity contribution in [1.82, 2.24) is 0 Å². The molecule has 0 fully saturated rings. The second-order valence-electron chi connectivity index (χ2n) is 0.527. The third-order valence-electron chi connectivity index (χ3n) is 0.114. The van der Waals surface area contributed by atoms with Crippen LogP contribution in [-0.4, -0.2) is 54.7 Å². The van der Waals surface area contributed by atoms with Gasteiger partial charge in [-0.05, 0) is 0 Å². The van der Waals surface area contributed by atoms with E-state index in [0.29, 0.717) is 0 Å². The molecule has 0 atom stereocenters. The molecule has 6 heavy (non-hydrogen) atoms. The number of alkyl halides is 1. The van der Waals surface area contributed by atoms with Gasteiger partial charge in [-0.25, -0.2) is 0 Å². The first-order valence-corrected chi connectivity index (χ1v) is 1.58. The fourth-order valence-electron chi connectivity index (χ4n) is 0. The number of aliphatic carboxylic acids is 1. The summed E-state index contributed by atoms with van der Waals surface area (Å²) in [4.78, 5) is 9.24. The van der Waals surface area contributed by atoms with E-state index in [1.54, 1.807) is 0 Å². The van der Waals surface area contributed by atoms with Crippen LogP contribution >= 0.6 is 11.6 Å². The summed E-state index contributed by atoms with van der Waals surface area (Å²) in [5.74, 6) is -1.29. The maximum atomic E-state index is 9.24. The van der Waals surface area contributed by atoms with Gasteiger partial charge in [0.15, 0.2) is 0 Å². The normalized spacial score (nSPS) is 6.17. The molecule has 2 nitrogen and oxygen atoms in total. The molecule has 0 unspecified atom stereocenters. The monoisotopic (exact) mass is 134 g/mol. The van der Waals surface area contributed by atoms with Crippen LogP contribution in [0.25, 0.3) is 0 Å². The van der Waals surface area contributed by atoms with Crippen molar-refractivity contribution < 1.29 is 9.90 Å².